The van der Waals surface area contributed by atoms with Gasteiger partial charge >= 0.3 is 6.03 Å². The molecular formula is C19H17N3O3S. The monoisotopic (exact) mass is 367 g/mol. The van der Waals surface area contributed by atoms with E-state index >= 15 is 0 Å². The van der Waals surface area contributed by atoms with Gasteiger partial charge in [-0.3, -0.25) is 10.1 Å². The van der Waals surface area contributed by atoms with Gasteiger partial charge in [0.25, 0.3) is 5.91 Å². The fraction of sp³-hybridized carbons (Fsp3) is 0.105. The van der Waals surface area contributed by atoms with E-state index in [0.717, 1.165) is 16.3 Å². The molecule has 0 saturated heterocycles. The van der Waals surface area contributed by atoms with Gasteiger partial charge in [0.2, 0.25) is 0 Å². The number of carbonyl (C=O) groups excluding carboxylic acids is 2. The normalized spacial score (nSPS) is 10.2. The molecule has 3 amide bonds. The summed E-state index contributed by atoms with van der Waals surface area (Å²) in [7, 11) is 0. The number of amides is 3. The number of nitrogens with one attached hydrogen (secondary N) is 2. The SMILES string of the molecule is Cc1csc(-c2ccc(OCC(=O)NC(=O)Nc3ccccc3)cc2)n1. The Balaban J connectivity index is 1.47. The lowest BCUT2D eigenvalue weighted by atomic mass is 10.2. The second-order valence-corrected chi connectivity index (χ2v) is 6.33. The van der Waals surface area contributed by atoms with Crippen LogP contribution in [0.25, 0.3) is 10.6 Å². The number of aromatic nitrogens is 1. The topological polar surface area (TPSA) is 80.3 Å². The Morgan fingerprint density at radius 3 is 2.46 bits per heavy atom. The first-order valence-electron chi connectivity index (χ1n) is 7.91. The first-order valence-corrected chi connectivity index (χ1v) is 8.79. The van der Waals surface area contributed by atoms with Crippen molar-refractivity contribution < 1.29 is 14.3 Å². The molecule has 0 aliphatic rings. The number of hydrogen-bond acceptors (Lipinski definition) is 5. The predicted molar refractivity (Wildman–Crippen MR) is 101 cm³/mol. The molecule has 3 aromatic rings. The summed E-state index contributed by atoms with van der Waals surface area (Å²) < 4.78 is 5.41. The molecule has 2 aromatic carbocycles. The maximum atomic E-state index is 11.8. The molecular weight excluding hydrogens is 350 g/mol. The molecule has 0 unspecified atom stereocenters. The van der Waals surface area contributed by atoms with Crippen LogP contribution >= 0.6 is 11.3 Å². The molecule has 132 valence electrons. The predicted octanol–water partition coefficient (Wildman–Crippen LogP) is 3.85. The summed E-state index contributed by atoms with van der Waals surface area (Å²) in [6.45, 7) is 1.70. The summed E-state index contributed by atoms with van der Waals surface area (Å²) in [5.41, 5.74) is 2.57. The Kier molecular flexibility index (Phi) is 5.60. The van der Waals surface area contributed by atoms with Crippen LogP contribution in [0.5, 0.6) is 5.75 Å². The van der Waals surface area contributed by atoms with Crippen LogP contribution < -0.4 is 15.4 Å². The highest BCUT2D eigenvalue weighted by Crippen LogP contribution is 2.25. The van der Waals surface area contributed by atoms with Crippen molar-refractivity contribution in [1.82, 2.24) is 10.3 Å². The van der Waals surface area contributed by atoms with Crippen LogP contribution in [0.3, 0.4) is 0 Å². The van der Waals surface area contributed by atoms with E-state index in [9.17, 15) is 9.59 Å². The van der Waals surface area contributed by atoms with Crippen LogP contribution in [-0.4, -0.2) is 23.5 Å². The van der Waals surface area contributed by atoms with E-state index in [1.165, 1.54) is 0 Å². The van der Waals surface area contributed by atoms with E-state index in [1.807, 2.05) is 30.5 Å². The Bertz CT molecular complexity index is 892. The summed E-state index contributed by atoms with van der Waals surface area (Å²) in [5.74, 6) is 0.0127. The first-order chi connectivity index (χ1) is 12.6. The molecule has 0 radical (unpaired) electrons. The van der Waals surface area contributed by atoms with Gasteiger partial charge in [-0.05, 0) is 43.3 Å². The maximum absolute atomic E-state index is 11.8. The average Bonchev–Trinajstić information content (AvgIpc) is 3.07. The molecule has 0 atom stereocenters. The van der Waals surface area contributed by atoms with Crippen molar-refractivity contribution in [2.45, 2.75) is 6.92 Å². The fourth-order valence-corrected chi connectivity index (χ4v) is 2.98. The number of benzene rings is 2. The molecule has 1 heterocycles. The van der Waals surface area contributed by atoms with E-state index in [4.69, 9.17) is 4.74 Å². The standard InChI is InChI=1S/C19H17N3O3S/c1-13-12-26-18(20-13)14-7-9-16(10-8-14)25-11-17(23)22-19(24)21-15-5-3-2-4-6-15/h2-10,12H,11H2,1H3,(H2,21,22,23,24). The minimum atomic E-state index is -0.598. The summed E-state index contributed by atoms with van der Waals surface area (Å²) in [6, 6.07) is 15.6. The number of urea groups is 1. The van der Waals surface area contributed by atoms with Crippen LogP contribution in [0, 0.1) is 6.92 Å². The minimum absolute atomic E-state index is 0.252. The Labute approximate surface area is 154 Å². The number of carbonyl (C=O) groups is 2. The van der Waals surface area contributed by atoms with Gasteiger partial charge in [0.1, 0.15) is 10.8 Å². The van der Waals surface area contributed by atoms with Gasteiger partial charge in [0.15, 0.2) is 6.61 Å². The number of hydrogen-bond donors (Lipinski definition) is 2. The number of aryl methyl sites for hydroxylation is 1. The lowest BCUT2D eigenvalue weighted by Crippen LogP contribution is -2.37. The van der Waals surface area contributed by atoms with E-state index in [1.54, 1.807) is 47.7 Å². The number of imide groups is 1. The molecule has 0 aliphatic carbocycles. The molecule has 6 nitrogen and oxygen atoms in total. The molecule has 0 fully saturated rings. The molecule has 0 spiro atoms. The fourth-order valence-electron chi connectivity index (χ4n) is 2.18. The van der Waals surface area contributed by atoms with Crippen molar-refractivity contribution in [3.63, 3.8) is 0 Å². The zero-order valence-corrected chi connectivity index (χ0v) is 14.9. The van der Waals surface area contributed by atoms with E-state index in [2.05, 4.69) is 15.6 Å². The van der Waals surface area contributed by atoms with E-state index < -0.39 is 11.9 Å². The number of nitrogens with zero attached hydrogens (tertiary/aromatic N) is 1. The second kappa shape index (κ2) is 8.26. The molecule has 26 heavy (non-hydrogen) atoms. The largest absolute Gasteiger partial charge is 0.484 e. The first kappa shape index (κ1) is 17.6. The van der Waals surface area contributed by atoms with Gasteiger partial charge in [-0.25, -0.2) is 9.78 Å². The average molecular weight is 367 g/mol. The van der Waals surface area contributed by atoms with Gasteiger partial charge in [-0.1, -0.05) is 18.2 Å². The van der Waals surface area contributed by atoms with Crippen LogP contribution in [0.15, 0.2) is 60.0 Å². The number of thiazole rings is 1. The lowest BCUT2D eigenvalue weighted by molar-refractivity contribution is -0.121. The zero-order chi connectivity index (χ0) is 18.4. The highest BCUT2D eigenvalue weighted by atomic mass is 32.1. The van der Waals surface area contributed by atoms with Crippen LogP contribution in [0.4, 0.5) is 10.5 Å². The molecule has 2 N–H and O–H groups in total. The van der Waals surface area contributed by atoms with Crippen LogP contribution in [0.1, 0.15) is 5.69 Å². The third-order valence-electron chi connectivity index (χ3n) is 3.37. The molecule has 1 aromatic heterocycles. The van der Waals surface area contributed by atoms with Gasteiger partial charge < -0.3 is 10.1 Å². The quantitative estimate of drug-likeness (QED) is 0.718. The minimum Gasteiger partial charge on any atom is -0.484 e. The van der Waals surface area contributed by atoms with Crippen LogP contribution in [0.2, 0.25) is 0 Å². The van der Waals surface area contributed by atoms with Crippen molar-refractivity contribution in [2.24, 2.45) is 0 Å². The van der Waals surface area contributed by atoms with Crippen LogP contribution in [-0.2, 0) is 4.79 Å². The van der Waals surface area contributed by atoms with E-state index in [0.29, 0.717) is 11.4 Å². The number of ether oxygens (including phenoxy) is 1. The van der Waals surface area contributed by atoms with Gasteiger partial charge in [-0.2, -0.15) is 0 Å². The molecule has 0 aliphatic heterocycles. The highest BCUT2D eigenvalue weighted by Gasteiger charge is 2.09. The Morgan fingerprint density at radius 1 is 1.08 bits per heavy atom. The summed E-state index contributed by atoms with van der Waals surface area (Å²) in [5, 5.41) is 7.71. The Morgan fingerprint density at radius 2 is 1.81 bits per heavy atom. The molecule has 0 saturated carbocycles. The number of para-hydroxylation sites is 1. The number of anilines is 1. The summed E-state index contributed by atoms with van der Waals surface area (Å²) in [4.78, 5) is 28.0. The maximum Gasteiger partial charge on any atom is 0.325 e. The van der Waals surface area contributed by atoms with Crippen molar-refractivity contribution in [1.29, 1.82) is 0 Å². The smallest absolute Gasteiger partial charge is 0.325 e. The van der Waals surface area contributed by atoms with Gasteiger partial charge in [0.05, 0.1) is 0 Å². The van der Waals surface area contributed by atoms with Crippen molar-refractivity contribution in [3.05, 3.63) is 65.7 Å². The zero-order valence-electron chi connectivity index (χ0n) is 14.1. The number of rotatable bonds is 5. The van der Waals surface area contributed by atoms with E-state index in [-0.39, 0.29) is 6.61 Å². The summed E-state index contributed by atoms with van der Waals surface area (Å²) in [6.07, 6.45) is 0. The van der Waals surface area contributed by atoms with Gasteiger partial charge in [-0.15, -0.1) is 11.3 Å². The third-order valence-corrected chi connectivity index (χ3v) is 4.38. The van der Waals surface area contributed by atoms with Crippen molar-refractivity contribution in [2.75, 3.05) is 11.9 Å². The molecule has 0 bridgehead atoms. The molecule has 3 rings (SSSR count). The third kappa shape index (κ3) is 4.90. The van der Waals surface area contributed by atoms with Gasteiger partial charge in [0, 0.05) is 22.3 Å². The summed E-state index contributed by atoms with van der Waals surface area (Å²) >= 11 is 1.57. The van der Waals surface area contributed by atoms with Crippen molar-refractivity contribution >= 4 is 29.0 Å². The van der Waals surface area contributed by atoms with Crippen molar-refractivity contribution in [3.8, 4) is 16.3 Å². The Hall–Kier alpha value is -3.19. The molecule has 7 heteroatoms. The highest BCUT2D eigenvalue weighted by molar-refractivity contribution is 7.13. The lowest BCUT2D eigenvalue weighted by Gasteiger charge is -2.08. The second-order valence-electron chi connectivity index (χ2n) is 5.48.